The van der Waals surface area contributed by atoms with Gasteiger partial charge in [-0.25, -0.2) is 0 Å². The Hall–Kier alpha value is -3.81. The number of piperidine rings is 1. The Balaban J connectivity index is 1.48. The summed E-state index contributed by atoms with van der Waals surface area (Å²) in [7, 11) is 0. The maximum Gasteiger partial charge on any atom is 0.389 e. The van der Waals surface area contributed by atoms with Crippen molar-refractivity contribution >= 4 is 17.6 Å². The fraction of sp³-hybridized carbons (Fsp3) is 0.333. The minimum atomic E-state index is -4.28. The average molecular weight is 525 g/mol. The smallest absolute Gasteiger partial charge is 0.389 e. The fourth-order valence-electron chi connectivity index (χ4n) is 4.74. The second kappa shape index (κ2) is 11.7. The topological polar surface area (TPSA) is 69.6 Å². The number of hydrogen-bond acceptors (Lipinski definition) is 3. The molecule has 0 saturated carbocycles. The number of likely N-dealkylation sites (tertiary alicyclic amines) is 1. The molecule has 1 fully saturated rings. The van der Waals surface area contributed by atoms with Gasteiger partial charge in [-0.3, -0.25) is 9.59 Å². The van der Waals surface area contributed by atoms with Crippen LogP contribution in [0.15, 0.2) is 72.8 Å². The van der Waals surface area contributed by atoms with E-state index >= 15 is 0 Å². The maximum atomic E-state index is 13.1. The lowest BCUT2D eigenvalue weighted by atomic mass is 9.97. The molecule has 5 nitrogen and oxygen atoms in total. The average Bonchev–Trinajstić information content (AvgIpc) is 2.91. The van der Waals surface area contributed by atoms with Crippen molar-refractivity contribution in [2.24, 2.45) is 5.92 Å². The Bertz CT molecular complexity index is 1240. The zero-order valence-corrected chi connectivity index (χ0v) is 21.2. The van der Waals surface area contributed by atoms with E-state index in [-0.39, 0.29) is 18.9 Å². The van der Waals surface area contributed by atoms with Crippen molar-refractivity contribution in [3.63, 3.8) is 0 Å². The van der Waals surface area contributed by atoms with Crippen molar-refractivity contribution in [1.82, 2.24) is 4.90 Å². The number of benzene rings is 3. The molecule has 1 unspecified atom stereocenters. The molecule has 1 amide bonds. The van der Waals surface area contributed by atoms with Gasteiger partial charge in [0.05, 0.1) is 12.0 Å². The highest BCUT2D eigenvalue weighted by molar-refractivity contribution is 5.95. The monoisotopic (exact) mass is 524 g/mol. The van der Waals surface area contributed by atoms with E-state index in [9.17, 15) is 27.9 Å². The number of halogens is 3. The first-order chi connectivity index (χ1) is 18.1. The summed E-state index contributed by atoms with van der Waals surface area (Å²) in [6.07, 6.45) is -4.17. The minimum Gasteiger partial charge on any atom is -0.481 e. The lowest BCUT2D eigenvalue weighted by Crippen LogP contribution is -2.42. The second-order valence-corrected chi connectivity index (χ2v) is 9.84. The van der Waals surface area contributed by atoms with Gasteiger partial charge < -0.3 is 15.3 Å². The maximum absolute atomic E-state index is 13.1. The number of aryl methyl sites for hydroxylation is 1. The van der Waals surface area contributed by atoms with Gasteiger partial charge in [-0.1, -0.05) is 54.1 Å². The molecule has 1 heterocycles. The SMILES string of the molecule is Cc1ccc(-c2ccc(C(CCC(F)(F)F)Nc3ccc(C(=O)N4CCC[C@@H](C(=O)O)C4)cc3)cc2)cc1. The van der Waals surface area contributed by atoms with Gasteiger partial charge in [0, 0.05) is 30.8 Å². The molecule has 8 heteroatoms. The van der Waals surface area contributed by atoms with Crippen molar-refractivity contribution in [2.75, 3.05) is 18.4 Å². The molecule has 2 atom stereocenters. The number of carbonyl (C=O) groups excluding carboxylic acids is 1. The number of hydrogen-bond donors (Lipinski definition) is 2. The molecule has 200 valence electrons. The van der Waals surface area contributed by atoms with Crippen molar-refractivity contribution in [3.8, 4) is 11.1 Å². The van der Waals surface area contributed by atoms with Crippen LogP contribution in [-0.2, 0) is 4.79 Å². The van der Waals surface area contributed by atoms with E-state index in [1.807, 2.05) is 55.5 Å². The number of anilines is 1. The number of carboxylic acids is 1. The number of nitrogens with zero attached hydrogens (tertiary/aromatic N) is 1. The van der Waals surface area contributed by atoms with Gasteiger partial charge in [0.15, 0.2) is 0 Å². The quantitative estimate of drug-likeness (QED) is 0.330. The zero-order valence-electron chi connectivity index (χ0n) is 21.2. The van der Waals surface area contributed by atoms with Crippen LogP contribution in [0, 0.1) is 12.8 Å². The number of amides is 1. The zero-order chi connectivity index (χ0) is 27.3. The van der Waals surface area contributed by atoms with Crippen LogP contribution in [-0.4, -0.2) is 41.1 Å². The van der Waals surface area contributed by atoms with Gasteiger partial charge in [-0.05, 0) is 67.1 Å². The van der Waals surface area contributed by atoms with Crippen LogP contribution in [0.25, 0.3) is 11.1 Å². The third kappa shape index (κ3) is 7.15. The normalized spacial score (nSPS) is 16.6. The van der Waals surface area contributed by atoms with E-state index in [2.05, 4.69) is 5.32 Å². The molecule has 0 bridgehead atoms. The Morgan fingerprint density at radius 2 is 1.58 bits per heavy atom. The predicted molar refractivity (Wildman–Crippen MR) is 141 cm³/mol. The van der Waals surface area contributed by atoms with Gasteiger partial charge in [-0.2, -0.15) is 13.2 Å². The van der Waals surface area contributed by atoms with Crippen LogP contribution in [0.5, 0.6) is 0 Å². The molecule has 0 aliphatic carbocycles. The van der Waals surface area contributed by atoms with E-state index in [1.165, 1.54) is 0 Å². The summed E-state index contributed by atoms with van der Waals surface area (Å²) in [6, 6.07) is 21.6. The first-order valence-electron chi connectivity index (χ1n) is 12.7. The van der Waals surface area contributed by atoms with Crippen LogP contribution in [0.3, 0.4) is 0 Å². The Morgan fingerprint density at radius 1 is 0.974 bits per heavy atom. The molecule has 4 rings (SSSR count). The van der Waals surface area contributed by atoms with Crippen molar-refractivity contribution < 1.29 is 27.9 Å². The highest BCUT2D eigenvalue weighted by atomic mass is 19.4. The van der Waals surface area contributed by atoms with Gasteiger partial charge in [0.2, 0.25) is 0 Å². The summed E-state index contributed by atoms with van der Waals surface area (Å²) in [6.45, 7) is 2.68. The summed E-state index contributed by atoms with van der Waals surface area (Å²) < 4.78 is 39.2. The number of carboxylic acid groups (broad SMARTS) is 1. The van der Waals surface area contributed by atoms with Gasteiger partial charge in [0.1, 0.15) is 0 Å². The molecular weight excluding hydrogens is 493 g/mol. The molecule has 38 heavy (non-hydrogen) atoms. The van der Waals surface area contributed by atoms with Crippen LogP contribution < -0.4 is 5.32 Å². The van der Waals surface area contributed by atoms with E-state index in [1.54, 1.807) is 29.2 Å². The molecule has 3 aromatic rings. The number of nitrogens with one attached hydrogen (secondary N) is 1. The lowest BCUT2D eigenvalue weighted by Gasteiger charge is -2.30. The van der Waals surface area contributed by atoms with Crippen molar-refractivity contribution in [2.45, 2.75) is 44.8 Å². The number of rotatable bonds is 8. The second-order valence-electron chi connectivity index (χ2n) is 9.84. The number of aliphatic carboxylic acids is 1. The molecule has 0 spiro atoms. The van der Waals surface area contributed by atoms with Crippen molar-refractivity contribution in [1.29, 1.82) is 0 Å². The number of carbonyl (C=O) groups is 2. The fourth-order valence-corrected chi connectivity index (χ4v) is 4.74. The molecule has 0 aromatic heterocycles. The van der Waals surface area contributed by atoms with E-state index in [0.29, 0.717) is 30.6 Å². The third-order valence-electron chi connectivity index (χ3n) is 6.95. The number of alkyl halides is 3. The van der Waals surface area contributed by atoms with E-state index < -0.39 is 30.5 Å². The Kier molecular flexibility index (Phi) is 8.39. The first kappa shape index (κ1) is 27.2. The van der Waals surface area contributed by atoms with Gasteiger partial charge in [0.25, 0.3) is 5.91 Å². The predicted octanol–water partition coefficient (Wildman–Crippen LogP) is 7.09. The van der Waals surface area contributed by atoms with E-state index in [0.717, 1.165) is 22.3 Å². The highest BCUT2D eigenvalue weighted by Crippen LogP contribution is 2.32. The Labute approximate surface area is 220 Å². The summed E-state index contributed by atoms with van der Waals surface area (Å²) >= 11 is 0. The minimum absolute atomic E-state index is 0.140. The summed E-state index contributed by atoms with van der Waals surface area (Å²) in [5, 5.41) is 12.5. The van der Waals surface area contributed by atoms with Crippen molar-refractivity contribution in [3.05, 3.63) is 89.5 Å². The molecule has 0 radical (unpaired) electrons. The van der Waals surface area contributed by atoms with Crippen LogP contribution in [0.1, 0.15) is 53.2 Å². The molecule has 1 aliphatic rings. The summed E-state index contributed by atoms with van der Waals surface area (Å²) in [5.41, 5.74) is 4.90. The molecule has 2 N–H and O–H groups in total. The first-order valence-corrected chi connectivity index (χ1v) is 12.7. The van der Waals surface area contributed by atoms with Crippen LogP contribution in [0.2, 0.25) is 0 Å². The lowest BCUT2D eigenvalue weighted by molar-refractivity contribution is -0.143. The highest BCUT2D eigenvalue weighted by Gasteiger charge is 2.30. The Morgan fingerprint density at radius 3 is 2.16 bits per heavy atom. The van der Waals surface area contributed by atoms with Gasteiger partial charge in [-0.15, -0.1) is 0 Å². The molecule has 3 aromatic carbocycles. The van der Waals surface area contributed by atoms with Crippen LogP contribution in [0.4, 0.5) is 18.9 Å². The summed E-state index contributed by atoms with van der Waals surface area (Å²) in [5.74, 6) is -1.72. The largest absolute Gasteiger partial charge is 0.481 e. The van der Waals surface area contributed by atoms with Crippen LogP contribution >= 0.6 is 0 Å². The summed E-state index contributed by atoms with van der Waals surface area (Å²) in [4.78, 5) is 25.8. The standard InChI is InChI=1S/C30H31F3N2O3/c1-20-4-6-21(7-5-20)22-8-10-23(11-9-22)27(16-17-30(31,32)33)34-26-14-12-24(13-15-26)28(36)35-18-2-3-25(19-35)29(37)38/h4-15,25,27,34H,2-3,16-19H2,1H3,(H,37,38)/t25-,27?/m1/s1. The molecule has 1 aliphatic heterocycles. The molecule has 1 saturated heterocycles. The molecular formula is C30H31F3N2O3. The third-order valence-corrected chi connectivity index (χ3v) is 6.95. The van der Waals surface area contributed by atoms with E-state index in [4.69, 9.17) is 0 Å². The van der Waals surface area contributed by atoms with Gasteiger partial charge >= 0.3 is 12.1 Å².